The van der Waals surface area contributed by atoms with Gasteiger partial charge in [0.2, 0.25) is 0 Å². The van der Waals surface area contributed by atoms with Crippen LogP contribution in [0.3, 0.4) is 0 Å². The van der Waals surface area contributed by atoms with E-state index in [1.54, 1.807) is 28.4 Å². The smallest absolute Gasteiger partial charge is 0.162 e. The fourth-order valence-electron chi connectivity index (χ4n) is 3.28. The van der Waals surface area contributed by atoms with Gasteiger partial charge in [-0.1, -0.05) is 47.7 Å². The molecular formula is C28H20O4. The summed E-state index contributed by atoms with van der Waals surface area (Å²) in [6.45, 7) is 0. The van der Waals surface area contributed by atoms with Gasteiger partial charge in [0.15, 0.2) is 23.0 Å². The van der Waals surface area contributed by atoms with Crippen LogP contribution in [-0.2, 0) is 0 Å². The molecule has 32 heavy (non-hydrogen) atoms. The molecule has 0 aromatic heterocycles. The van der Waals surface area contributed by atoms with Crippen molar-refractivity contribution in [3.8, 4) is 58.5 Å². The van der Waals surface area contributed by atoms with E-state index >= 15 is 0 Å². The van der Waals surface area contributed by atoms with Crippen molar-refractivity contribution in [3.63, 3.8) is 0 Å². The van der Waals surface area contributed by atoms with Crippen molar-refractivity contribution < 1.29 is 18.9 Å². The molecule has 0 heterocycles. The Morgan fingerprint density at radius 1 is 0.406 bits per heavy atom. The molecule has 3 aromatic rings. The maximum absolute atomic E-state index is 5.47. The van der Waals surface area contributed by atoms with Crippen LogP contribution in [-0.4, -0.2) is 28.4 Å². The van der Waals surface area contributed by atoms with Gasteiger partial charge < -0.3 is 18.9 Å². The quantitative estimate of drug-likeness (QED) is 0.463. The minimum absolute atomic E-state index is 0.585. The van der Waals surface area contributed by atoms with Gasteiger partial charge >= 0.3 is 0 Å². The lowest BCUT2D eigenvalue weighted by Crippen LogP contribution is -1.96. The second-order valence-corrected chi connectivity index (χ2v) is 6.80. The summed E-state index contributed by atoms with van der Waals surface area (Å²) < 4.78 is 21.9. The first kappa shape index (κ1) is 20.8. The summed E-state index contributed by atoms with van der Waals surface area (Å²) in [4.78, 5) is 0. The predicted molar refractivity (Wildman–Crippen MR) is 123 cm³/mol. The molecule has 0 unspecified atom stereocenters. The Balaban J connectivity index is 2.04. The number of hydrogen-bond acceptors (Lipinski definition) is 4. The van der Waals surface area contributed by atoms with Gasteiger partial charge in [-0.25, -0.2) is 0 Å². The molecule has 0 saturated heterocycles. The number of hydrogen-bond donors (Lipinski definition) is 0. The third-order valence-corrected chi connectivity index (χ3v) is 4.97. The number of methoxy groups -OCH3 is 4. The Kier molecular flexibility index (Phi) is 5.94. The lowest BCUT2D eigenvalue weighted by Gasteiger charge is -2.10. The van der Waals surface area contributed by atoms with Crippen LogP contribution in [0.1, 0.15) is 33.4 Å². The largest absolute Gasteiger partial charge is 0.493 e. The highest BCUT2D eigenvalue weighted by molar-refractivity contribution is 5.66. The van der Waals surface area contributed by atoms with Crippen molar-refractivity contribution in [3.05, 3.63) is 81.9 Å². The van der Waals surface area contributed by atoms with E-state index in [4.69, 9.17) is 18.9 Å². The van der Waals surface area contributed by atoms with Crippen LogP contribution >= 0.6 is 0 Å². The van der Waals surface area contributed by atoms with Crippen molar-refractivity contribution in [2.24, 2.45) is 0 Å². The van der Waals surface area contributed by atoms with Gasteiger partial charge in [-0.15, -0.1) is 0 Å². The van der Waals surface area contributed by atoms with E-state index < -0.39 is 0 Å². The van der Waals surface area contributed by atoms with Crippen LogP contribution in [0.4, 0.5) is 0 Å². The molecule has 4 rings (SSSR count). The SMILES string of the molecule is COc1cc2c(cc1OC)C#Cc1cc(OC)c(OC)cc1C#Cc1ccccc1C#C2. The maximum atomic E-state index is 5.47. The Morgan fingerprint density at radius 2 is 0.656 bits per heavy atom. The molecule has 0 saturated carbocycles. The third-order valence-electron chi connectivity index (χ3n) is 4.97. The molecule has 4 heteroatoms. The van der Waals surface area contributed by atoms with Gasteiger partial charge in [0.25, 0.3) is 0 Å². The highest BCUT2D eigenvalue weighted by atomic mass is 16.5. The van der Waals surface area contributed by atoms with Crippen LogP contribution in [0, 0.1) is 35.5 Å². The molecule has 0 amide bonds. The molecule has 0 aliphatic heterocycles. The lowest BCUT2D eigenvalue weighted by atomic mass is 10.0. The van der Waals surface area contributed by atoms with Crippen LogP contribution in [0.15, 0.2) is 48.5 Å². The summed E-state index contributed by atoms with van der Waals surface area (Å²) in [5, 5.41) is 0. The fourth-order valence-corrected chi connectivity index (χ4v) is 3.28. The minimum atomic E-state index is 0.585. The number of ether oxygens (including phenoxy) is 4. The minimum Gasteiger partial charge on any atom is -0.493 e. The predicted octanol–water partition coefficient (Wildman–Crippen LogP) is 4.23. The molecule has 0 spiro atoms. The van der Waals surface area contributed by atoms with Gasteiger partial charge in [0.05, 0.1) is 28.4 Å². The molecule has 0 radical (unpaired) electrons. The summed E-state index contributed by atoms with van der Waals surface area (Å²) in [5.41, 5.74) is 4.58. The van der Waals surface area contributed by atoms with Gasteiger partial charge in [0, 0.05) is 57.6 Å². The van der Waals surface area contributed by atoms with E-state index in [1.165, 1.54) is 0 Å². The fraction of sp³-hybridized carbons (Fsp3) is 0.143. The van der Waals surface area contributed by atoms with Crippen molar-refractivity contribution in [1.29, 1.82) is 0 Å². The monoisotopic (exact) mass is 420 g/mol. The lowest BCUT2D eigenvalue weighted by molar-refractivity contribution is 0.354. The average Bonchev–Trinajstić information content (AvgIpc) is 2.84. The summed E-state index contributed by atoms with van der Waals surface area (Å²) in [6.07, 6.45) is 0. The maximum Gasteiger partial charge on any atom is 0.162 e. The molecule has 156 valence electrons. The summed E-state index contributed by atoms with van der Waals surface area (Å²) in [6, 6.07) is 15.1. The van der Waals surface area contributed by atoms with Crippen LogP contribution < -0.4 is 18.9 Å². The van der Waals surface area contributed by atoms with Crippen molar-refractivity contribution in [1.82, 2.24) is 0 Å². The summed E-state index contributed by atoms with van der Waals surface area (Å²) in [5.74, 6) is 21.7. The topological polar surface area (TPSA) is 36.9 Å². The molecular weight excluding hydrogens is 400 g/mol. The Labute approximate surface area is 188 Å². The van der Waals surface area contributed by atoms with Crippen LogP contribution in [0.5, 0.6) is 23.0 Å². The first-order chi connectivity index (χ1) is 15.7. The van der Waals surface area contributed by atoms with Crippen molar-refractivity contribution in [2.75, 3.05) is 28.4 Å². The molecule has 1 aliphatic carbocycles. The third kappa shape index (κ3) is 4.06. The molecule has 1 aliphatic rings. The zero-order valence-electron chi connectivity index (χ0n) is 18.3. The van der Waals surface area contributed by atoms with Gasteiger partial charge in [0.1, 0.15) is 0 Å². The summed E-state index contributed by atoms with van der Waals surface area (Å²) >= 11 is 0. The average molecular weight is 420 g/mol. The Hall–Kier alpha value is -4.46. The Bertz CT molecular complexity index is 1280. The zero-order valence-corrected chi connectivity index (χ0v) is 18.3. The number of benzene rings is 3. The Morgan fingerprint density at radius 3 is 0.906 bits per heavy atom. The van der Waals surface area contributed by atoms with E-state index in [1.807, 2.05) is 48.5 Å². The molecule has 3 aromatic carbocycles. The zero-order chi connectivity index (χ0) is 22.5. The van der Waals surface area contributed by atoms with Gasteiger partial charge in [-0.05, 0) is 12.1 Å². The molecule has 0 fully saturated rings. The number of fused-ring (bicyclic) bond motifs is 3. The van der Waals surface area contributed by atoms with Crippen LogP contribution in [0.2, 0.25) is 0 Å². The van der Waals surface area contributed by atoms with Crippen molar-refractivity contribution >= 4 is 0 Å². The number of rotatable bonds is 4. The second-order valence-electron chi connectivity index (χ2n) is 6.80. The summed E-state index contributed by atoms with van der Waals surface area (Å²) in [7, 11) is 6.38. The highest BCUT2D eigenvalue weighted by Gasteiger charge is 2.12. The van der Waals surface area contributed by atoms with Gasteiger partial charge in [-0.2, -0.15) is 0 Å². The van der Waals surface area contributed by atoms with Crippen molar-refractivity contribution in [2.45, 2.75) is 0 Å². The van der Waals surface area contributed by atoms with Gasteiger partial charge in [-0.3, -0.25) is 0 Å². The van der Waals surface area contributed by atoms with E-state index in [-0.39, 0.29) is 0 Å². The molecule has 4 nitrogen and oxygen atoms in total. The van der Waals surface area contributed by atoms with E-state index in [9.17, 15) is 0 Å². The molecule has 0 atom stereocenters. The van der Waals surface area contributed by atoms with E-state index in [2.05, 4.69) is 35.5 Å². The first-order valence-electron chi connectivity index (χ1n) is 9.84. The molecule has 0 bridgehead atoms. The van der Waals surface area contributed by atoms with E-state index in [0.717, 1.165) is 33.4 Å². The molecule has 0 N–H and O–H groups in total. The normalized spacial score (nSPS) is 10.5. The van der Waals surface area contributed by atoms with E-state index in [0.29, 0.717) is 23.0 Å². The first-order valence-corrected chi connectivity index (χ1v) is 9.84. The van der Waals surface area contributed by atoms with Crippen LogP contribution in [0.25, 0.3) is 0 Å². The highest BCUT2D eigenvalue weighted by Crippen LogP contribution is 2.32. The second kappa shape index (κ2) is 9.13. The standard InChI is InChI=1S/C28H20O4/c1-29-25-15-21-11-9-19-7-5-6-8-20(19)10-12-22-16-26(30-2)28(32-4)18-24(22)14-13-23(21)17-27(25)31-3/h5-8,15-18H,1-4H3.